The van der Waals surface area contributed by atoms with Gasteiger partial charge in [-0.15, -0.1) is 0 Å². The smallest absolute Gasteiger partial charge is 0.255 e. The third-order valence-corrected chi connectivity index (χ3v) is 3.66. The Labute approximate surface area is 125 Å². The fourth-order valence-electron chi connectivity index (χ4n) is 1.43. The Hall–Kier alpha value is -1.27. The van der Waals surface area contributed by atoms with Crippen molar-refractivity contribution < 1.29 is 13.6 Å². The van der Waals surface area contributed by atoms with Crippen molar-refractivity contribution in [3.63, 3.8) is 0 Å². The Morgan fingerprint density at radius 3 is 2.42 bits per heavy atom. The van der Waals surface area contributed by atoms with Gasteiger partial charge in [-0.25, -0.2) is 8.78 Å². The maximum atomic E-state index is 13.1. The summed E-state index contributed by atoms with van der Waals surface area (Å²) >= 11 is 6.21. The van der Waals surface area contributed by atoms with Crippen molar-refractivity contribution in [3.05, 3.63) is 62.5 Å². The van der Waals surface area contributed by atoms with Crippen molar-refractivity contribution in [2.75, 3.05) is 5.32 Å². The molecule has 0 saturated heterocycles. The second kappa shape index (κ2) is 5.79. The average molecular weight is 391 g/mol. The molecule has 98 valence electrons. The van der Waals surface area contributed by atoms with Crippen LogP contribution < -0.4 is 5.32 Å². The summed E-state index contributed by atoms with van der Waals surface area (Å²) in [6, 6.07) is 7.85. The molecular formula is C13H7Br2F2NO. The third kappa shape index (κ3) is 3.39. The Kier molecular flexibility index (Phi) is 4.31. The van der Waals surface area contributed by atoms with Crippen molar-refractivity contribution in [2.45, 2.75) is 0 Å². The number of hydrogen-bond donors (Lipinski definition) is 1. The second-order valence-electron chi connectivity index (χ2n) is 3.71. The van der Waals surface area contributed by atoms with Crippen LogP contribution in [0.2, 0.25) is 0 Å². The van der Waals surface area contributed by atoms with E-state index in [4.69, 9.17) is 0 Å². The predicted molar refractivity (Wildman–Crippen MR) is 76.2 cm³/mol. The van der Waals surface area contributed by atoms with E-state index < -0.39 is 17.5 Å². The van der Waals surface area contributed by atoms with Gasteiger partial charge >= 0.3 is 0 Å². The molecule has 0 atom stereocenters. The minimum Gasteiger partial charge on any atom is -0.321 e. The number of hydrogen-bond acceptors (Lipinski definition) is 1. The molecule has 6 heteroatoms. The van der Waals surface area contributed by atoms with E-state index in [0.717, 1.165) is 0 Å². The van der Waals surface area contributed by atoms with Gasteiger partial charge in [0, 0.05) is 10.0 Å². The van der Waals surface area contributed by atoms with E-state index in [1.54, 1.807) is 0 Å². The van der Waals surface area contributed by atoms with Crippen molar-refractivity contribution in [1.29, 1.82) is 0 Å². The molecule has 0 aromatic heterocycles. The molecule has 0 saturated carbocycles. The van der Waals surface area contributed by atoms with Crippen LogP contribution in [0.5, 0.6) is 0 Å². The minimum absolute atomic E-state index is 0.193. The SMILES string of the molecule is O=C(Nc1cc(F)ccc1Br)c1ccc(F)c(Br)c1. The first kappa shape index (κ1) is 14.1. The molecule has 0 aliphatic rings. The Morgan fingerprint density at radius 1 is 1.00 bits per heavy atom. The number of carbonyl (C=O) groups excluding carboxylic acids is 1. The third-order valence-electron chi connectivity index (χ3n) is 2.36. The normalized spacial score (nSPS) is 10.3. The quantitative estimate of drug-likeness (QED) is 0.788. The molecule has 1 N–H and O–H groups in total. The number of benzene rings is 2. The van der Waals surface area contributed by atoms with Crippen LogP contribution in [0.15, 0.2) is 45.3 Å². The topological polar surface area (TPSA) is 29.1 Å². The van der Waals surface area contributed by atoms with Gasteiger partial charge in [0.05, 0.1) is 10.2 Å². The van der Waals surface area contributed by atoms with Gasteiger partial charge in [0.15, 0.2) is 0 Å². The standard InChI is InChI=1S/C13H7Br2F2NO/c14-9-3-2-8(16)6-12(9)18-13(19)7-1-4-11(17)10(15)5-7/h1-6H,(H,18,19). The fourth-order valence-corrected chi connectivity index (χ4v) is 2.15. The molecule has 1 amide bonds. The molecule has 0 aliphatic carbocycles. The molecular weight excluding hydrogens is 384 g/mol. The van der Waals surface area contributed by atoms with Crippen molar-refractivity contribution in [3.8, 4) is 0 Å². The zero-order valence-corrected chi connectivity index (χ0v) is 12.6. The van der Waals surface area contributed by atoms with E-state index in [2.05, 4.69) is 37.2 Å². The highest BCUT2D eigenvalue weighted by Gasteiger charge is 2.11. The molecule has 0 bridgehead atoms. The van der Waals surface area contributed by atoms with E-state index in [9.17, 15) is 13.6 Å². The summed E-state index contributed by atoms with van der Waals surface area (Å²) in [6.45, 7) is 0. The molecule has 0 unspecified atom stereocenters. The highest BCUT2D eigenvalue weighted by molar-refractivity contribution is 9.10. The molecule has 2 nitrogen and oxygen atoms in total. The number of amides is 1. The molecule has 19 heavy (non-hydrogen) atoms. The van der Waals surface area contributed by atoms with Crippen LogP contribution in [0.4, 0.5) is 14.5 Å². The van der Waals surface area contributed by atoms with Gasteiger partial charge in [0.1, 0.15) is 11.6 Å². The van der Waals surface area contributed by atoms with Gasteiger partial charge in [0.25, 0.3) is 5.91 Å². The molecule has 2 aromatic carbocycles. The minimum atomic E-state index is -0.459. The zero-order valence-electron chi connectivity index (χ0n) is 9.38. The first-order valence-corrected chi connectivity index (χ1v) is 6.77. The van der Waals surface area contributed by atoms with Crippen LogP contribution >= 0.6 is 31.9 Å². The predicted octanol–water partition coefficient (Wildman–Crippen LogP) is 4.74. The maximum absolute atomic E-state index is 13.1. The molecule has 0 aliphatic heterocycles. The summed E-state index contributed by atoms with van der Waals surface area (Å²) in [5.41, 5.74) is 0.579. The van der Waals surface area contributed by atoms with Gasteiger partial charge in [0.2, 0.25) is 0 Å². The highest BCUT2D eigenvalue weighted by Crippen LogP contribution is 2.24. The first-order valence-electron chi connectivity index (χ1n) is 5.19. The fraction of sp³-hybridized carbons (Fsp3) is 0. The molecule has 0 radical (unpaired) electrons. The van der Waals surface area contributed by atoms with Gasteiger partial charge in [-0.05, 0) is 68.3 Å². The van der Waals surface area contributed by atoms with E-state index >= 15 is 0 Å². The molecule has 0 spiro atoms. The number of anilines is 1. The van der Waals surface area contributed by atoms with Crippen LogP contribution in [0.25, 0.3) is 0 Å². The van der Waals surface area contributed by atoms with Crippen LogP contribution in [-0.4, -0.2) is 5.91 Å². The van der Waals surface area contributed by atoms with Crippen LogP contribution in [0.1, 0.15) is 10.4 Å². The summed E-state index contributed by atoms with van der Waals surface area (Å²) in [4.78, 5) is 11.9. The summed E-state index contributed by atoms with van der Waals surface area (Å²) in [7, 11) is 0. The number of halogens is 4. The van der Waals surface area contributed by atoms with Crippen LogP contribution in [0.3, 0.4) is 0 Å². The average Bonchev–Trinajstić information content (AvgIpc) is 2.37. The lowest BCUT2D eigenvalue weighted by Gasteiger charge is -2.08. The zero-order chi connectivity index (χ0) is 14.0. The maximum Gasteiger partial charge on any atom is 0.255 e. The van der Waals surface area contributed by atoms with Gasteiger partial charge in [-0.2, -0.15) is 0 Å². The number of rotatable bonds is 2. The van der Waals surface area contributed by atoms with Gasteiger partial charge in [-0.3, -0.25) is 4.79 Å². The Morgan fingerprint density at radius 2 is 1.74 bits per heavy atom. The van der Waals surface area contributed by atoms with E-state index in [1.807, 2.05) is 0 Å². The lowest BCUT2D eigenvalue weighted by molar-refractivity contribution is 0.102. The van der Waals surface area contributed by atoms with E-state index in [0.29, 0.717) is 10.2 Å². The van der Waals surface area contributed by atoms with E-state index in [-0.39, 0.29) is 10.0 Å². The van der Waals surface area contributed by atoms with Gasteiger partial charge < -0.3 is 5.32 Å². The van der Waals surface area contributed by atoms with Crippen molar-refractivity contribution in [2.24, 2.45) is 0 Å². The number of carbonyl (C=O) groups is 1. The summed E-state index contributed by atoms with van der Waals surface area (Å²) in [5, 5.41) is 2.54. The lowest BCUT2D eigenvalue weighted by Crippen LogP contribution is -2.12. The van der Waals surface area contributed by atoms with Crippen LogP contribution in [-0.2, 0) is 0 Å². The van der Waals surface area contributed by atoms with E-state index in [1.165, 1.54) is 36.4 Å². The molecule has 2 rings (SSSR count). The monoisotopic (exact) mass is 389 g/mol. The first-order chi connectivity index (χ1) is 8.97. The molecule has 0 fully saturated rings. The van der Waals surface area contributed by atoms with Crippen LogP contribution in [0, 0.1) is 11.6 Å². The second-order valence-corrected chi connectivity index (χ2v) is 5.42. The Bertz CT molecular complexity index is 647. The molecule has 2 aromatic rings. The largest absolute Gasteiger partial charge is 0.321 e. The highest BCUT2D eigenvalue weighted by atomic mass is 79.9. The molecule has 0 heterocycles. The lowest BCUT2D eigenvalue weighted by atomic mass is 10.2. The summed E-state index contributed by atoms with van der Waals surface area (Å²) < 4.78 is 26.9. The summed E-state index contributed by atoms with van der Waals surface area (Å²) in [6.07, 6.45) is 0. The summed E-state index contributed by atoms with van der Waals surface area (Å²) in [5.74, 6) is -1.37. The number of nitrogens with one attached hydrogen (secondary N) is 1. The van der Waals surface area contributed by atoms with Gasteiger partial charge in [-0.1, -0.05) is 0 Å². The van der Waals surface area contributed by atoms with Crippen molar-refractivity contribution >= 4 is 43.5 Å². The van der Waals surface area contributed by atoms with Crippen molar-refractivity contribution in [1.82, 2.24) is 0 Å². The Balaban J connectivity index is 2.25.